The summed E-state index contributed by atoms with van der Waals surface area (Å²) in [4.78, 5) is 0. The predicted molar refractivity (Wildman–Crippen MR) is 85.3 cm³/mol. The summed E-state index contributed by atoms with van der Waals surface area (Å²) in [6, 6.07) is 10.4. The number of hydrogen-bond acceptors (Lipinski definition) is 1. The minimum atomic E-state index is -1.93. The van der Waals surface area contributed by atoms with Crippen molar-refractivity contribution >= 4 is 60.3 Å². The molecule has 0 spiro atoms. The fourth-order valence-corrected chi connectivity index (χ4v) is 0.865. The third-order valence-corrected chi connectivity index (χ3v) is 1.42. The molecule has 1 rings (SSSR count). The first-order chi connectivity index (χ1) is 6.93. The number of hydrogen-bond donors (Lipinski definition) is 1. The fourth-order valence-electron chi connectivity index (χ4n) is 0.865. The normalized spacial score (nSPS) is 10.5. The number of halogens is 4. The molecule has 6 heteroatoms. The summed E-state index contributed by atoms with van der Waals surface area (Å²) in [5, 5.41) is 3.26. The molecule has 15 heavy (non-hydrogen) atoms. The summed E-state index contributed by atoms with van der Waals surface area (Å²) >= 11 is 13.3. The molecule has 0 aliphatic heterocycles. The van der Waals surface area contributed by atoms with Gasteiger partial charge in [0.05, 0.1) is 0 Å². The van der Waals surface area contributed by atoms with Gasteiger partial charge >= 0.3 is 60.3 Å². The molecule has 1 aromatic rings. The van der Waals surface area contributed by atoms with E-state index in [1.807, 2.05) is 6.07 Å². The van der Waals surface area contributed by atoms with Gasteiger partial charge in [0.2, 0.25) is 0 Å². The monoisotopic (exact) mass is 571 g/mol. The summed E-state index contributed by atoms with van der Waals surface area (Å²) in [6.07, 6.45) is 0. The van der Waals surface area contributed by atoms with Crippen molar-refractivity contribution < 1.29 is 0 Å². The Hall–Kier alpha value is 1.90. The van der Waals surface area contributed by atoms with Crippen LogP contribution in [0.1, 0.15) is 12.5 Å². The molecule has 0 heterocycles. The molecule has 0 bridgehead atoms. The maximum absolute atomic E-state index is 3.34. The zero-order valence-electron chi connectivity index (χ0n) is 8.31. The van der Waals surface area contributed by atoms with Crippen LogP contribution in [-0.4, -0.2) is 16.0 Å². The van der Waals surface area contributed by atoms with E-state index in [2.05, 4.69) is 87.3 Å². The van der Waals surface area contributed by atoms with Gasteiger partial charge in [-0.3, -0.25) is 0 Å². The SMILES string of the molecule is CCNCc1ccccc1.[Br][Sn]([Br])([Br])[Br]. The second-order valence-electron chi connectivity index (χ2n) is 2.69. The van der Waals surface area contributed by atoms with Crippen molar-refractivity contribution in [2.45, 2.75) is 13.5 Å². The van der Waals surface area contributed by atoms with E-state index in [9.17, 15) is 0 Å². The summed E-state index contributed by atoms with van der Waals surface area (Å²) in [5.74, 6) is 0. The van der Waals surface area contributed by atoms with E-state index < -0.39 is 9.49 Å². The molecule has 1 nitrogen and oxygen atoms in total. The van der Waals surface area contributed by atoms with Gasteiger partial charge in [0.25, 0.3) is 0 Å². The second kappa shape index (κ2) is 9.88. The molecule has 0 saturated heterocycles. The van der Waals surface area contributed by atoms with Crippen LogP contribution in [0.3, 0.4) is 0 Å². The van der Waals surface area contributed by atoms with Gasteiger partial charge in [-0.05, 0) is 12.1 Å². The quantitative estimate of drug-likeness (QED) is 0.513. The number of nitrogens with one attached hydrogen (secondary N) is 1. The third-order valence-electron chi connectivity index (χ3n) is 1.42. The molecule has 86 valence electrons. The molecule has 0 radical (unpaired) electrons. The van der Waals surface area contributed by atoms with Crippen LogP contribution in [0.15, 0.2) is 30.3 Å². The first-order valence-corrected chi connectivity index (χ1v) is 30.0. The van der Waals surface area contributed by atoms with Gasteiger partial charge in [0.15, 0.2) is 0 Å². The topological polar surface area (TPSA) is 12.0 Å². The Morgan fingerprint density at radius 1 is 1.07 bits per heavy atom. The van der Waals surface area contributed by atoms with Crippen LogP contribution in [0.4, 0.5) is 0 Å². The Morgan fingerprint density at radius 2 is 1.53 bits per heavy atom. The molecule has 0 fully saturated rings. The Labute approximate surface area is 120 Å². The van der Waals surface area contributed by atoms with E-state index in [4.69, 9.17) is 0 Å². The van der Waals surface area contributed by atoms with E-state index in [0.29, 0.717) is 0 Å². The van der Waals surface area contributed by atoms with E-state index in [0.717, 1.165) is 13.1 Å². The summed E-state index contributed by atoms with van der Waals surface area (Å²) in [6.45, 7) is 4.13. The number of benzene rings is 1. The molecule has 0 aromatic heterocycles. The van der Waals surface area contributed by atoms with E-state index >= 15 is 0 Å². The average Bonchev–Trinajstić information content (AvgIpc) is 2.14. The molecule has 0 unspecified atom stereocenters. The molecule has 0 saturated carbocycles. The number of rotatable bonds is 3. The van der Waals surface area contributed by atoms with Crippen molar-refractivity contribution in [3.8, 4) is 0 Å². The Bertz CT molecular complexity index is 244. The van der Waals surface area contributed by atoms with Crippen molar-refractivity contribution in [3.05, 3.63) is 35.9 Å². The van der Waals surface area contributed by atoms with Gasteiger partial charge in [-0.2, -0.15) is 0 Å². The van der Waals surface area contributed by atoms with Gasteiger partial charge < -0.3 is 5.32 Å². The van der Waals surface area contributed by atoms with Crippen LogP contribution in [0.5, 0.6) is 0 Å². The van der Waals surface area contributed by atoms with Gasteiger partial charge in [0.1, 0.15) is 0 Å². The predicted octanol–water partition coefficient (Wildman–Crippen LogP) is 4.80. The van der Waals surface area contributed by atoms with Crippen molar-refractivity contribution in [1.29, 1.82) is 0 Å². The fraction of sp³-hybridized carbons (Fsp3) is 0.333. The van der Waals surface area contributed by atoms with E-state index in [1.165, 1.54) is 5.56 Å². The molecule has 0 atom stereocenters. The van der Waals surface area contributed by atoms with Gasteiger partial charge in [-0.1, -0.05) is 37.3 Å². The molecule has 0 aliphatic carbocycles. The molecular weight excluding hydrogens is 560 g/mol. The minimum absolute atomic E-state index is 0.983. The maximum atomic E-state index is 3.34. The van der Waals surface area contributed by atoms with Crippen LogP contribution in [0.25, 0.3) is 0 Å². The summed E-state index contributed by atoms with van der Waals surface area (Å²) in [5.41, 5.74) is 1.35. The van der Waals surface area contributed by atoms with Crippen molar-refractivity contribution in [1.82, 2.24) is 5.32 Å². The van der Waals surface area contributed by atoms with Crippen LogP contribution in [0, 0.1) is 0 Å². The molecule has 1 N–H and O–H groups in total. The first-order valence-electron chi connectivity index (χ1n) is 4.43. The van der Waals surface area contributed by atoms with Crippen LogP contribution < -0.4 is 5.32 Å². The van der Waals surface area contributed by atoms with E-state index in [1.54, 1.807) is 0 Å². The second-order valence-corrected chi connectivity index (χ2v) is 79.9. The molecule has 0 aliphatic rings. The van der Waals surface area contributed by atoms with Crippen molar-refractivity contribution in [2.24, 2.45) is 0 Å². The van der Waals surface area contributed by atoms with Gasteiger partial charge in [0, 0.05) is 6.54 Å². The summed E-state index contributed by atoms with van der Waals surface area (Å²) < 4.78 is 0. The average molecular weight is 574 g/mol. The molecule has 1 aromatic carbocycles. The zero-order chi connectivity index (χ0) is 11.7. The standard InChI is InChI=1S/C9H13N.4BrH.Sn/c1-2-10-8-9-6-4-3-5-7-9;;;;;/h3-7,10H,2,8H2,1H3;4*1H;/q;;;;;+4/p-4. The van der Waals surface area contributed by atoms with Crippen LogP contribution in [0.2, 0.25) is 0 Å². The summed E-state index contributed by atoms with van der Waals surface area (Å²) in [7, 11) is -1.93. The van der Waals surface area contributed by atoms with Crippen molar-refractivity contribution in [3.63, 3.8) is 0 Å². The van der Waals surface area contributed by atoms with Crippen LogP contribution in [-0.2, 0) is 6.54 Å². The Balaban J connectivity index is 0.000000336. The molecular formula is C9H13Br4NSn. The Kier molecular flexibility index (Phi) is 11.1. The van der Waals surface area contributed by atoms with Crippen molar-refractivity contribution in [2.75, 3.05) is 6.54 Å². The first kappa shape index (κ1) is 16.9. The van der Waals surface area contributed by atoms with Crippen LogP contribution >= 0.6 is 50.8 Å². The third kappa shape index (κ3) is 15.9. The van der Waals surface area contributed by atoms with Gasteiger partial charge in [-0.25, -0.2) is 0 Å². The molecule has 0 amide bonds. The van der Waals surface area contributed by atoms with E-state index in [-0.39, 0.29) is 0 Å². The Morgan fingerprint density at radius 3 is 1.93 bits per heavy atom. The van der Waals surface area contributed by atoms with Gasteiger partial charge in [-0.15, -0.1) is 0 Å². The zero-order valence-corrected chi connectivity index (χ0v) is 17.5.